The molecule has 0 aliphatic heterocycles. The number of fused-ring (bicyclic) bond motifs is 2. The molecule has 0 spiro atoms. The van der Waals surface area contributed by atoms with Crippen LogP contribution in [0.15, 0.2) is 12.3 Å². The zero-order valence-electron chi connectivity index (χ0n) is 9.26. The summed E-state index contributed by atoms with van der Waals surface area (Å²) in [5, 5.41) is 4.21. The smallest absolute Gasteiger partial charge is 0.0551 e. The van der Waals surface area contributed by atoms with E-state index in [1.165, 1.54) is 31.4 Å². The SMILES string of the molecule is Cn1nccc1C(N)C1CC2CCC1C2. The van der Waals surface area contributed by atoms with E-state index < -0.39 is 0 Å². The molecule has 2 bridgehead atoms. The summed E-state index contributed by atoms with van der Waals surface area (Å²) >= 11 is 0. The normalized spacial score (nSPS) is 36.0. The minimum Gasteiger partial charge on any atom is -0.322 e. The quantitative estimate of drug-likeness (QED) is 0.801. The molecule has 4 unspecified atom stereocenters. The lowest BCUT2D eigenvalue weighted by Gasteiger charge is -2.27. The summed E-state index contributed by atoms with van der Waals surface area (Å²) in [6.07, 6.45) is 7.47. The van der Waals surface area contributed by atoms with Crippen LogP contribution < -0.4 is 5.73 Å². The van der Waals surface area contributed by atoms with Crippen molar-refractivity contribution in [3.05, 3.63) is 18.0 Å². The molecule has 2 saturated carbocycles. The zero-order chi connectivity index (χ0) is 10.4. The largest absolute Gasteiger partial charge is 0.322 e. The van der Waals surface area contributed by atoms with Crippen molar-refractivity contribution < 1.29 is 0 Å². The van der Waals surface area contributed by atoms with Gasteiger partial charge in [0.15, 0.2) is 0 Å². The van der Waals surface area contributed by atoms with Crippen LogP contribution >= 0.6 is 0 Å². The van der Waals surface area contributed by atoms with E-state index in [1.54, 1.807) is 0 Å². The Labute approximate surface area is 90.7 Å². The lowest BCUT2D eigenvalue weighted by atomic mass is 9.82. The summed E-state index contributed by atoms with van der Waals surface area (Å²) in [5.74, 6) is 2.57. The summed E-state index contributed by atoms with van der Waals surface area (Å²) in [6.45, 7) is 0. The molecule has 1 aromatic heterocycles. The zero-order valence-corrected chi connectivity index (χ0v) is 9.26. The van der Waals surface area contributed by atoms with Crippen molar-refractivity contribution >= 4 is 0 Å². The topological polar surface area (TPSA) is 43.8 Å². The summed E-state index contributed by atoms with van der Waals surface area (Å²) in [7, 11) is 1.99. The van der Waals surface area contributed by atoms with Crippen LogP contribution in [0.1, 0.15) is 37.4 Å². The predicted octanol–water partition coefficient (Wildman–Crippen LogP) is 1.86. The first kappa shape index (κ1) is 9.40. The van der Waals surface area contributed by atoms with Crippen molar-refractivity contribution in [3.63, 3.8) is 0 Å². The number of nitrogens with zero attached hydrogens (tertiary/aromatic N) is 2. The fraction of sp³-hybridized carbons (Fsp3) is 0.750. The highest BCUT2D eigenvalue weighted by molar-refractivity contribution is 5.10. The number of nitrogens with two attached hydrogens (primary N) is 1. The molecule has 82 valence electrons. The van der Waals surface area contributed by atoms with Crippen molar-refractivity contribution in [1.29, 1.82) is 0 Å². The number of aryl methyl sites for hydroxylation is 1. The standard InChI is InChI=1S/C12H19N3/c1-15-11(4-5-14-15)12(13)10-7-8-2-3-9(10)6-8/h4-5,8-10,12H,2-3,6-7,13H2,1H3. The van der Waals surface area contributed by atoms with Gasteiger partial charge in [-0.3, -0.25) is 4.68 Å². The van der Waals surface area contributed by atoms with Crippen molar-refractivity contribution in [1.82, 2.24) is 9.78 Å². The maximum absolute atomic E-state index is 6.37. The molecule has 2 N–H and O–H groups in total. The fourth-order valence-electron chi connectivity index (χ4n) is 3.66. The van der Waals surface area contributed by atoms with Gasteiger partial charge in [-0.1, -0.05) is 6.42 Å². The van der Waals surface area contributed by atoms with Crippen molar-refractivity contribution in [2.24, 2.45) is 30.5 Å². The van der Waals surface area contributed by atoms with E-state index in [-0.39, 0.29) is 6.04 Å². The summed E-state index contributed by atoms with van der Waals surface area (Å²) in [6, 6.07) is 2.27. The molecule has 1 aromatic rings. The van der Waals surface area contributed by atoms with Crippen LogP contribution in [-0.2, 0) is 7.05 Å². The van der Waals surface area contributed by atoms with Gasteiger partial charge in [-0.05, 0) is 43.1 Å². The lowest BCUT2D eigenvalue weighted by Crippen LogP contribution is -2.27. The van der Waals surface area contributed by atoms with E-state index in [2.05, 4.69) is 11.2 Å². The molecule has 0 radical (unpaired) electrons. The molecule has 3 nitrogen and oxygen atoms in total. The molecular formula is C12H19N3. The van der Waals surface area contributed by atoms with Gasteiger partial charge >= 0.3 is 0 Å². The summed E-state index contributed by atoms with van der Waals surface area (Å²) in [5.41, 5.74) is 7.57. The molecule has 0 saturated heterocycles. The molecule has 3 rings (SSSR count). The molecule has 15 heavy (non-hydrogen) atoms. The lowest BCUT2D eigenvalue weighted by molar-refractivity contribution is 0.277. The first-order valence-corrected chi connectivity index (χ1v) is 5.99. The average Bonchev–Trinajstić information content (AvgIpc) is 2.91. The van der Waals surface area contributed by atoms with E-state index in [1.807, 2.05) is 17.9 Å². The van der Waals surface area contributed by atoms with E-state index in [0.717, 1.165) is 11.8 Å². The molecule has 0 aromatic carbocycles. The second-order valence-corrected chi connectivity index (χ2v) is 5.24. The highest BCUT2D eigenvalue weighted by Gasteiger charge is 2.42. The molecular weight excluding hydrogens is 186 g/mol. The fourth-order valence-corrected chi connectivity index (χ4v) is 3.66. The van der Waals surface area contributed by atoms with Crippen LogP contribution in [-0.4, -0.2) is 9.78 Å². The average molecular weight is 205 g/mol. The third-order valence-electron chi connectivity index (χ3n) is 4.45. The van der Waals surface area contributed by atoms with Gasteiger partial charge in [0, 0.05) is 19.3 Å². The number of rotatable bonds is 2. The van der Waals surface area contributed by atoms with Crippen LogP contribution in [0.4, 0.5) is 0 Å². The Morgan fingerprint density at radius 2 is 2.33 bits per heavy atom. The van der Waals surface area contributed by atoms with Crippen LogP contribution in [0.2, 0.25) is 0 Å². The Morgan fingerprint density at radius 1 is 1.47 bits per heavy atom. The van der Waals surface area contributed by atoms with Gasteiger partial charge in [0.25, 0.3) is 0 Å². The van der Waals surface area contributed by atoms with E-state index in [4.69, 9.17) is 5.73 Å². The van der Waals surface area contributed by atoms with E-state index in [0.29, 0.717) is 5.92 Å². The highest BCUT2D eigenvalue weighted by Crippen LogP contribution is 2.51. The highest BCUT2D eigenvalue weighted by atomic mass is 15.3. The maximum atomic E-state index is 6.37. The van der Waals surface area contributed by atoms with E-state index >= 15 is 0 Å². The van der Waals surface area contributed by atoms with Gasteiger partial charge in [-0.25, -0.2) is 0 Å². The Morgan fingerprint density at radius 3 is 2.87 bits per heavy atom. The minimum atomic E-state index is 0.202. The first-order chi connectivity index (χ1) is 7.25. The molecule has 2 aliphatic carbocycles. The van der Waals surface area contributed by atoms with Gasteiger partial charge in [0.05, 0.1) is 5.69 Å². The van der Waals surface area contributed by atoms with Gasteiger partial charge in [-0.15, -0.1) is 0 Å². The molecule has 2 aliphatic rings. The molecule has 0 amide bonds. The Kier molecular flexibility index (Phi) is 2.09. The van der Waals surface area contributed by atoms with Gasteiger partial charge in [0.2, 0.25) is 0 Å². The van der Waals surface area contributed by atoms with Gasteiger partial charge in [0.1, 0.15) is 0 Å². The van der Waals surface area contributed by atoms with Crippen LogP contribution in [0.3, 0.4) is 0 Å². The number of aromatic nitrogens is 2. The van der Waals surface area contributed by atoms with Crippen LogP contribution in [0, 0.1) is 17.8 Å². The second kappa shape index (κ2) is 3.34. The second-order valence-electron chi connectivity index (χ2n) is 5.24. The van der Waals surface area contributed by atoms with Crippen LogP contribution in [0.5, 0.6) is 0 Å². The third kappa shape index (κ3) is 1.41. The van der Waals surface area contributed by atoms with Gasteiger partial charge in [-0.2, -0.15) is 5.10 Å². The Hall–Kier alpha value is -0.830. The number of hydrogen-bond acceptors (Lipinski definition) is 2. The molecule has 4 atom stereocenters. The maximum Gasteiger partial charge on any atom is 0.0551 e. The number of hydrogen-bond donors (Lipinski definition) is 1. The Balaban J connectivity index is 1.81. The third-order valence-corrected chi connectivity index (χ3v) is 4.45. The van der Waals surface area contributed by atoms with Crippen molar-refractivity contribution in [2.45, 2.75) is 31.7 Å². The minimum absolute atomic E-state index is 0.202. The Bertz CT molecular complexity index is 358. The van der Waals surface area contributed by atoms with Crippen LogP contribution in [0.25, 0.3) is 0 Å². The predicted molar refractivity (Wildman–Crippen MR) is 59.1 cm³/mol. The van der Waals surface area contributed by atoms with Crippen molar-refractivity contribution in [2.75, 3.05) is 0 Å². The van der Waals surface area contributed by atoms with E-state index in [9.17, 15) is 0 Å². The molecule has 3 heteroatoms. The monoisotopic (exact) mass is 205 g/mol. The molecule has 2 fully saturated rings. The first-order valence-electron chi connectivity index (χ1n) is 5.99. The van der Waals surface area contributed by atoms with Gasteiger partial charge < -0.3 is 5.73 Å². The van der Waals surface area contributed by atoms with Crippen molar-refractivity contribution in [3.8, 4) is 0 Å². The molecule has 1 heterocycles. The summed E-state index contributed by atoms with van der Waals surface area (Å²) in [4.78, 5) is 0. The summed E-state index contributed by atoms with van der Waals surface area (Å²) < 4.78 is 1.93.